The summed E-state index contributed by atoms with van der Waals surface area (Å²) in [5, 5.41) is 0. The first-order chi connectivity index (χ1) is 18.6. The Morgan fingerprint density at radius 3 is 2.52 bits per heavy atom. The summed E-state index contributed by atoms with van der Waals surface area (Å²) in [6, 6.07) is 9.56. The van der Waals surface area contributed by atoms with Crippen LogP contribution in [0.25, 0.3) is 22.4 Å². The number of amides is 1. The highest BCUT2D eigenvalue weighted by Crippen LogP contribution is 2.35. The van der Waals surface area contributed by atoms with Crippen molar-refractivity contribution in [2.24, 2.45) is 0 Å². The number of morpholine rings is 1. The van der Waals surface area contributed by atoms with Crippen LogP contribution >= 0.6 is 0 Å². The number of carbonyl (C=O) groups excluding carboxylic acids is 1. The second-order valence-electron chi connectivity index (χ2n) is 12.0. The molecule has 10 nitrogen and oxygen atoms in total. The van der Waals surface area contributed by atoms with Gasteiger partial charge >= 0.3 is 6.09 Å². The van der Waals surface area contributed by atoms with Crippen molar-refractivity contribution in [3.63, 3.8) is 0 Å². The van der Waals surface area contributed by atoms with E-state index in [0.29, 0.717) is 43.3 Å². The molecule has 1 aliphatic heterocycles. The quantitative estimate of drug-likeness (QED) is 0.426. The number of pyridine rings is 2. The zero-order valence-electron chi connectivity index (χ0n) is 24.7. The fraction of sp³-hybridized carbons (Fsp3) is 0.552. The van der Waals surface area contributed by atoms with Crippen molar-refractivity contribution >= 4 is 32.8 Å². The predicted molar refractivity (Wildman–Crippen MR) is 157 cm³/mol. The van der Waals surface area contributed by atoms with E-state index >= 15 is 0 Å². The highest BCUT2D eigenvalue weighted by atomic mass is 32.2. The van der Waals surface area contributed by atoms with Gasteiger partial charge in [0.05, 0.1) is 53.0 Å². The van der Waals surface area contributed by atoms with Crippen molar-refractivity contribution in [2.45, 2.75) is 70.9 Å². The largest absolute Gasteiger partial charge is 0.444 e. The van der Waals surface area contributed by atoms with Crippen LogP contribution < -0.4 is 4.90 Å². The molecule has 0 aliphatic carbocycles. The maximum Gasteiger partial charge on any atom is 0.410 e. The van der Waals surface area contributed by atoms with E-state index in [1.54, 1.807) is 20.9 Å². The Hall–Kier alpha value is -3.18. The lowest BCUT2D eigenvalue weighted by Gasteiger charge is -2.37. The SMILES string of the molecule is CC[C@H]1COCCN1c1cc(C(C)(C)S(C)(=O)=O)cc(-c2ccc3[nH]c(CN(C)C(=O)OC(C)(C)C)cc3n2)n1. The van der Waals surface area contributed by atoms with Crippen LogP contribution in [0.1, 0.15) is 59.2 Å². The van der Waals surface area contributed by atoms with Crippen molar-refractivity contribution in [1.82, 2.24) is 19.9 Å². The van der Waals surface area contributed by atoms with Crippen LogP contribution in [0.5, 0.6) is 0 Å². The Morgan fingerprint density at radius 1 is 1.15 bits per heavy atom. The van der Waals surface area contributed by atoms with E-state index in [-0.39, 0.29) is 6.04 Å². The summed E-state index contributed by atoms with van der Waals surface area (Å²) >= 11 is 0. The van der Waals surface area contributed by atoms with Crippen LogP contribution in [0.4, 0.5) is 10.6 Å². The number of hydrogen-bond donors (Lipinski definition) is 1. The molecule has 0 saturated carbocycles. The number of nitrogens with zero attached hydrogens (tertiary/aromatic N) is 4. The van der Waals surface area contributed by atoms with Gasteiger partial charge in [-0.2, -0.15) is 0 Å². The van der Waals surface area contributed by atoms with E-state index in [9.17, 15) is 13.2 Å². The maximum atomic E-state index is 12.8. The number of sulfone groups is 1. The molecule has 4 rings (SSSR count). The molecule has 40 heavy (non-hydrogen) atoms. The van der Waals surface area contributed by atoms with Gasteiger partial charge in [-0.15, -0.1) is 0 Å². The Labute approximate surface area is 237 Å². The topological polar surface area (TPSA) is 118 Å². The summed E-state index contributed by atoms with van der Waals surface area (Å²) in [4.78, 5) is 29.3. The highest BCUT2D eigenvalue weighted by Gasteiger charge is 2.34. The van der Waals surface area contributed by atoms with Gasteiger partial charge in [0.2, 0.25) is 0 Å². The molecule has 3 aromatic heterocycles. The van der Waals surface area contributed by atoms with Crippen molar-refractivity contribution in [3.05, 3.63) is 41.6 Å². The Balaban J connectivity index is 1.73. The van der Waals surface area contributed by atoms with Crippen LogP contribution in [0.3, 0.4) is 0 Å². The molecule has 1 fully saturated rings. The second kappa shape index (κ2) is 11.0. The van der Waals surface area contributed by atoms with Crippen LogP contribution in [-0.4, -0.2) is 79.1 Å². The fourth-order valence-corrected chi connectivity index (χ4v) is 5.15. The zero-order valence-corrected chi connectivity index (χ0v) is 25.6. The van der Waals surface area contributed by atoms with E-state index < -0.39 is 26.3 Å². The highest BCUT2D eigenvalue weighted by molar-refractivity contribution is 7.91. The van der Waals surface area contributed by atoms with Crippen LogP contribution in [0.15, 0.2) is 30.3 Å². The third-order valence-corrected chi connectivity index (χ3v) is 9.42. The number of hydrogen-bond acceptors (Lipinski definition) is 8. The molecule has 0 aromatic carbocycles. The molecule has 218 valence electrons. The number of rotatable bonds is 7. The normalized spacial score (nSPS) is 16.8. The number of aromatic nitrogens is 3. The number of nitrogens with one attached hydrogen (secondary N) is 1. The second-order valence-corrected chi connectivity index (χ2v) is 14.5. The van der Waals surface area contributed by atoms with Gasteiger partial charge in [-0.25, -0.2) is 23.2 Å². The van der Waals surface area contributed by atoms with E-state index in [2.05, 4.69) is 16.8 Å². The zero-order chi connectivity index (χ0) is 29.5. The van der Waals surface area contributed by atoms with E-state index in [1.807, 2.05) is 51.1 Å². The number of H-pyrrole nitrogens is 1. The number of anilines is 1. The first kappa shape index (κ1) is 29.8. The Bertz CT molecular complexity index is 1490. The van der Waals surface area contributed by atoms with Crippen molar-refractivity contribution in [1.29, 1.82) is 0 Å². The molecule has 0 spiro atoms. The Kier molecular flexibility index (Phi) is 8.20. The number of aromatic amines is 1. The smallest absolute Gasteiger partial charge is 0.410 e. The number of fused-ring (bicyclic) bond motifs is 1. The summed E-state index contributed by atoms with van der Waals surface area (Å²) in [6.45, 7) is 13.2. The molecule has 1 amide bonds. The molecular formula is C29H41N5O5S. The van der Waals surface area contributed by atoms with Gasteiger partial charge in [0.1, 0.15) is 11.4 Å². The van der Waals surface area contributed by atoms with Crippen molar-refractivity contribution < 1.29 is 22.7 Å². The van der Waals surface area contributed by atoms with Gasteiger partial charge in [-0.05, 0) is 76.9 Å². The van der Waals surface area contributed by atoms with Crippen LogP contribution in [0.2, 0.25) is 0 Å². The minimum atomic E-state index is -3.42. The molecular weight excluding hydrogens is 530 g/mol. The molecule has 1 aliphatic rings. The molecule has 0 unspecified atom stereocenters. The summed E-state index contributed by atoms with van der Waals surface area (Å²) in [7, 11) is -1.73. The molecule has 0 radical (unpaired) electrons. The first-order valence-corrected chi connectivity index (χ1v) is 15.5. The summed E-state index contributed by atoms with van der Waals surface area (Å²) in [6.07, 6.45) is 1.73. The summed E-state index contributed by atoms with van der Waals surface area (Å²) in [5.41, 5.74) is 3.67. The van der Waals surface area contributed by atoms with Crippen molar-refractivity contribution in [3.8, 4) is 11.4 Å². The van der Waals surface area contributed by atoms with Gasteiger partial charge in [-0.3, -0.25) is 0 Å². The minimum absolute atomic E-state index is 0.148. The molecule has 1 N–H and O–H groups in total. The average molecular weight is 572 g/mol. The minimum Gasteiger partial charge on any atom is -0.444 e. The molecule has 11 heteroatoms. The van der Waals surface area contributed by atoms with Gasteiger partial charge in [0.25, 0.3) is 0 Å². The van der Waals surface area contributed by atoms with Gasteiger partial charge in [-0.1, -0.05) is 6.92 Å². The molecule has 1 atom stereocenters. The number of ether oxygens (including phenoxy) is 2. The average Bonchev–Trinajstić information content (AvgIpc) is 3.28. The molecule has 0 bridgehead atoms. The Morgan fingerprint density at radius 2 is 1.88 bits per heavy atom. The van der Waals surface area contributed by atoms with E-state index in [4.69, 9.17) is 19.4 Å². The van der Waals surface area contributed by atoms with Gasteiger partial charge < -0.3 is 24.3 Å². The van der Waals surface area contributed by atoms with Crippen LogP contribution in [-0.2, 0) is 30.6 Å². The fourth-order valence-electron chi connectivity index (χ4n) is 4.60. The lowest BCUT2D eigenvalue weighted by Crippen LogP contribution is -2.45. The lowest BCUT2D eigenvalue weighted by atomic mass is 10.0. The van der Waals surface area contributed by atoms with Crippen molar-refractivity contribution in [2.75, 3.05) is 38.0 Å². The lowest BCUT2D eigenvalue weighted by molar-refractivity contribution is 0.0283. The maximum absolute atomic E-state index is 12.8. The summed E-state index contributed by atoms with van der Waals surface area (Å²) < 4.78 is 35.6. The van der Waals surface area contributed by atoms with Gasteiger partial charge in [0, 0.05) is 25.5 Å². The predicted octanol–water partition coefficient (Wildman–Crippen LogP) is 4.89. The summed E-state index contributed by atoms with van der Waals surface area (Å²) in [5.74, 6) is 0.718. The van der Waals surface area contributed by atoms with E-state index in [0.717, 1.165) is 29.0 Å². The third-order valence-electron chi connectivity index (χ3n) is 7.33. The van der Waals surface area contributed by atoms with E-state index in [1.165, 1.54) is 11.2 Å². The standard InChI is InChI=1S/C29H41N5O5S/c1-9-21-18-38-13-12-34(21)26-15-19(29(5,6)40(8,36)37)14-24(32-26)23-11-10-22-25(31-23)16-20(30-22)17-33(7)27(35)39-28(2,3)4/h10-11,14-16,21,30H,9,12-13,17-18H2,1-8H3/t21-/m0/s1. The molecule has 1 saturated heterocycles. The first-order valence-electron chi connectivity index (χ1n) is 13.6. The van der Waals surface area contributed by atoms with Crippen LogP contribution in [0, 0.1) is 0 Å². The molecule has 3 aromatic rings. The monoisotopic (exact) mass is 571 g/mol. The molecule has 4 heterocycles. The third kappa shape index (κ3) is 6.41. The van der Waals surface area contributed by atoms with Gasteiger partial charge in [0.15, 0.2) is 9.84 Å². The number of carbonyl (C=O) groups is 1.